The highest BCUT2D eigenvalue weighted by atomic mass is 32.1. The average Bonchev–Trinajstić information content (AvgIpc) is 2.80. The zero-order valence-electron chi connectivity index (χ0n) is 10.1. The van der Waals surface area contributed by atoms with Crippen molar-refractivity contribution in [2.24, 2.45) is 0 Å². The third-order valence-electron chi connectivity index (χ3n) is 1.79. The summed E-state index contributed by atoms with van der Waals surface area (Å²) >= 11 is 1.66. The van der Waals surface area contributed by atoms with Crippen molar-refractivity contribution < 1.29 is 0 Å². The number of aryl methyl sites for hydroxylation is 1. The molecule has 1 heterocycles. The first-order valence-corrected chi connectivity index (χ1v) is 6.51. The molecule has 0 fully saturated rings. The molecule has 0 bridgehead atoms. The van der Waals surface area contributed by atoms with Crippen LogP contribution >= 0.6 is 11.3 Å². The molecule has 0 radical (unpaired) electrons. The van der Waals surface area contributed by atoms with Gasteiger partial charge in [0, 0.05) is 5.56 Å². The van der Waals surface area contributed by atoms with Gasteiger partial charge in [-0.2, -0.15) is 0 Å². The number of rotatable bonds is 2. The lowest BCUT2D eigenvalue weighted by Crippen LogP contribution is -1.76. The van der Waals surface area contributed by atoms with Gasteiger partial charge < -0.3 is 0 Å². The van der Waals surface area contributed by atoms with Crippen LogP contribution in [0.5, 0.6) is 0 Å². The first kappa shape index (κ1) is 12.8. The molecule has 0 atom stereocenters. The molecule has 1 aromatic carbocycles. The third kappa shape index (κ3) is 3.74. The van der Waals surface area contributed by atoms with E-state index in [1.807, 2.05) is 18.2 Å². The van der Waals surface area contributed by atoms with Crippen LogP contribution in [0.15, 0.2) is 30.3 Å². The number of nitrogens with zero attached hydrogens (tertiary/aromatic N) is 2. The normalized spacial score (nSPS) is 9.44. The summed E-state index contributed by atoms with van der Waals surface area (Å²) in [6.45, 7) is 6.34. The van der Waals surface area contributed by atoms with E-state index in [-0.39, 0.29) is 0 Å². The highest BCUT2D eigenvalue weighted by Crippen LogP contribution is 2.22. The molecule has 0 saturated heterocycles. The quantitative estimate of drug-likeness (QED) is 0.779. The summed E-state index contributed by atoms with van der Waals surface area (Å²) in [6.07, 6.45) is 2.21. The lowest BCUT2D eigenvalue weighted by molar-refractivity contribution is 0.986. The highest BCUT2D eigenvalue weighted by Gasteiger charge is 2.03. The first-order valence-electron chi connectivity index (χ1n) is 5.69. The molecule has 2 rings (SSSR count). The van der Waals surface area contributed by atoms with Gasteiger partial charge in [0.25, 0.3) is 0 Å². The van der Waals surface area contributed by atoms with Crippen LogP contribution in [0, 0.1) is 0 Å². The zero-order chi connectivity index (χ0) is 11.8. The number of benzene rings is 1. The second kappa shape index (κ2) is 7.12. The van der Waals surface area contributed by atoms with E-state index in [1.54, 1.807) is 11.3 Å². The van der Waals surface area contributed by atoms with Gasteiger partial charge in [0.2, 0.25) is 0 Å². The maximum absolute atomic E-state index is 4.13. The van der Waals surface area contributed by atoms with Crippen molar-refractivity contribution in [3.8, 4) is 10.6 Å². The Hall–Kier alpha value is -1.22. The van der Waals surface area contributed by atoms with Crippen molar-refractivity contribution >= 4 is 11.3 Å². The van der Waals surface area contributed by atoms with Gasteiger partial charge in [-0.25, -0.2) is 0 Å². The fourth-order valence-corrected chi connectivity index (χ4v) is 1.88. The van der Waals surface area contributed by atoms with Crippen LogP contribution in [-0.4, -0.2) is 10.2 Å². The van der Waals surface area contributed by atoms with E-state index in [0.717, 1.165) is 22.0 Å². The van der Waals surface area contributed by atoms with Gasteiger partial charge >= 0.3 is 0 Å². The molecular formula is C13H18N2S. The Kier molecular flexibility index (Phi) is 5.72. The standard InChI is InChI=1S/C10H10N2S.C3H8/c1-2-9-11-12-10(13-9)8-6-4-3-5-7-8;1-3-2/h3-7H,2H2,1H3;3H2,1-2H3. The SMILES string of the molecule is CCC.CCc1nnc(-c2ccccc2)s1. The summed E-state index contributed by atoms with van der Waals surface area (Å²) in [5.74, 6) is 0. The second-order valence-corrected chi connectivity index (χ2v) is 4.49. The summed E-state index contributed by atoms with van der Waals surface area (Å²) in [5.41, 5.74) is 1.15. The molecule has 0 spiro atoms. The fraction of sp³-hybridized carbons (Fsp3) is 0.385. The van der Waals surface area contributed by atoms with Gasteiger partial charge in [-0.1, -0.05) is 68.9 Å². The molecule has 3 heteroatoms. The molecule has 0 aliphatic rings. The van der Waals surface area contributed by atoms with Crippen LogP contribution < -0.4 is 0 Å². The molecule has 2 aromatic rings. The van der Waals surface area contributed by atoms with E-state index in [1.165, 1.54) is 6.42 Å². The Morgan fingerprint density at radius 1 is 1.00 bits per heavy atom. The fourth-order valence-electron chi connectivity index (χ4n) is 1.09. The van der Waals surface area contributed by atoms with Crippen molar-refractivity contribution in [2.45, 2.75) is 33.6 Å². The van der Waals surface area contributed by atoms with Crippen LogP contribution in [0.4, 0.5) is 0 Å². The lowest BCUT2D eigenvalue weighted by Gasteiger charge is -1.91. The van der Waals surface area contributed by atoms with E-state index in [9.17, 15) is 0 Å². The highest BCUT2D eigenvalue weighted by molar-refractivity contribution is 7.14. The summed E-state index contributed by atoms with van der Waals surface area (Å²) < 4.78 is 0. The van der Waals surface area contributed by atoms with Gasteiger partial charge in [-0.3, -0.25) is 0 Å². The molecule has 0 aliphatic heterocycles. The maximum Gasteiger partial charge on any atom is 0.147 e. The predicted octanol–water partition coefficient (Wildman–Crippen LogP) is 4.18. The van der Waals surface area contributed by atoms with Crippen molar-refractivity contribution in [3.63, 3.8) is 0 Å². The minimum atomic E-state index is 0.963. The lowest BCUT2D eigenvalue weighted by atomic mass is 10.2. The van der Waals surface area contributed by atoms with Crippen LogP contribution in [0.1, 0.15) is 32.2 Å². The Labute approximate surface area is 101 Å². The van der Waals surface area contributed by atoms with Gasteiger partial charge in [0.05, 0.1) is 0 Å². The molecule has 1 aromatic heterocycles. The summed E-state index contributed by atoms with van der Waals surface area (Å²) in [7, 11) is 0. The van der Waals surface area contributed by atoms with Crippen molar-refractivity contribution in [3.05, 3.63) is 35.3 Å². The number of aromatic nitrogens is 2. The van der Waals surface area contributed by atoms with Gasteiger partial charge in [0.15, 0.2) is 0 Å². The average molecular weight is 234 g/mol. The molecule has 0 amide bonds. The van der Waals surface area contributed by atoms with E-state index in [2.05, 4.69) is 43.1 Å². The van der Waals surface area contributed by atoms with Crippen molar-refractivity contribution in [1.29, 1.82) is 0 Å². The van der Waals surface area contributed by atoms with Crippen molar-refractivity contribution in [1.82, 2.24) is 10.2 Å². The molecule has 2 nitrogen and oxygen atoms in total. The minimum absolute atomic E-state index is 0.963. The number of hydrogen-bond donors (Lipinski definition) is 0. The number of hydrogen-bond acceptors (Lipinski definition) is 3. The summed E-state index contributed by atoms with van der Waals surface area (Å²) in [5, 5.41) is 10.3. The first-order chi connectivity index (χ1) is 7.81. The smallest absolute Gasteiger partial charge is 0.143 e. The Morgan fingerprint density at radius 2 is 1.62 bits per heavy atom. The Bertz CT molecular complexity index is 395. The van der Waals surface area contributed by atoms with E-state index in [0.29, 0.717) is 0 Å². The third-order valence-corrected chi connectivity index (χ3v) is 2.91. The van der Waals surface area contributed by atoms with E-state index >= 15 is 0 Å². The molecule has 0 saturated carbocycles. The van der Waals surface area contributed by atoms with Crippen LogP contribution in [0.3, 0.4) is 0 Å². The minimum Gasteiger partial charge on any atom is -0.143 e. The van der Waals surface area contributed by atoms with Crippen LogP contribution in [-0.2, 0) is 6.42 Å². The van der Waals surface area contributed by atoms with Gasteiger partial charge in [-0.15, -0.1) is 10.2 Å². The monoisotopic (exact) mass is 234 g/mol. The Morgan fingerprint density at radius 3 is 2.12 bits per heavy atom. The predicted molar refractivity (Wildman–Crippen MR) is 70.7 cm³/mol. The molecule has 16 heavy (non-hydrogen) atoms. The zero-order valence-corrected chi connectivity index (χ0v) is 10.9. The van der Waals surface area contributed by atoms with Gasteiger partial charge in [0.1, 0.15) is 10.0 Å². The molecule has 86 valence electrons. The van der Waals surface area contributed by atoms with Crippen molar-refractivity contribution in [2.75, 3.05) is 0 Å². The van der Waals surface area contributed by atoms with E-state index in [4.69, 9.17) is 0 Å². The topological polar surface area (TPSA) is 25.8 Å². The summed E-state index contributed by atoms with van der Waals surface area (Å²) in [4.78, 5) is 0. The molecule has 0 N–H and O–H groups in total. The molecule has 0 unspecified atom stereocenters. The maximum atomic E-state index is 4.13. The summed E-state index contributed by atoms with van der Waals surface area (Å²) in [6, 6.07) is 10.1. The molecular weight excluding hydrogens is 216 g/mol. The Balaban J connectivity index is 0.000000386. The van der Waals surface area contributed by atoms with Crippen LogP contribution in [0.25, 0.3) is 10.6 Å². The van der Waals surface area contributed by atoms with Crippen LogP contribution in [0.2, 0.25) is 0 Å². The molecule has 0 aliphatic carbocycles. The van der Waals surface area contributed by atoms with Gasteiger partial charge in [-0.05, 0) is 6.42 Å². The second-order valence-electron chi connectivity index (χ2n) is 3.43. The largest absolute Gasteiger partial charge is 0.147 e. The van der Waals surface area contributed by atoms with E-state index < -0.39 is 0 Å².